The van der Waals surface area contributed by atoms with Gasteiger partial charge in [0, 0.05) is 12.3 Å². The zero-order valence-corrected chi connectivity index (χ0v) is 8.10. The van der Waals surface area contributed by atoms with Gasteiger partial charge in [-0.1, -0.05) is 0 Å². The molecular weight excluding hydrogens is 202 g/mol. The molecule has 1 aliphatic rings. The van der Waals surface area contributed by atoms with Gasteiger partial charge < -0.3 is 15.5 Å². The number of nitrogens with one attached hydrogen (secondary N) is 1. The molecule has 0 aromatic carbocycles. The third-order valence-electron chi connectivity index (χ3n) is 2.21. The van der Waals surface area contributed by atoms with Crippen molar-refractivity contribution < 1.29 is 24.6 Å². The van der Waals surface area contributed by atoms with Gasteiger partial charge in [0.2, 0.25) is 5.91 Å². The van der Waals surface area contributed by atoms with Gasteiger partial charge in [-0.15, -0.1) is 0 Å². The van der Waals surface area contributed by atoms with Crippen LogP contribution in [0.15, 0.2) is 0 Å². The molecule has 3 N–H and O–H groups in total. The lowest BCUT2D eigenvalue weighted by molar-refractivity contribution is -0.143. The number of aliphatic carboxylic acids is 2. The van der Waals surface area contributed by atoms with E-state index in [2.05, 4.69) is 5.32 Å². The second kappa shape index (κ2) is 4.77. The number of hydrogen-bond acceptors (Lipinski definition) is 3. The van der Waals surface area contributed by atoms with Crippen LogP contribution < -0.4 is 5.32 Å². The van der Waals surface area contributed by atoms with E-state index < -0.39 is 18.0 Å². The number of carboxylic acid groups (broad SMARTS) is 2. The topological polar surface area (TPSA) is 104 Å². The minimum absolute atomic E-state index is 0.0725. The zero-order valence-electron chi connectivity index (χ0n) is 8.10. The second-order valence-corrected chi connectivity index (χ2v) is 3.61. The smallest absolute Gasteiger partial charge is 0.326 e. The molecular formula is C9H13NO5. The predicted octanol–water partition coefficient (Wildman–Crippen LogP) is -0.169. The quantitative estimate of drug-likeness (QED) is 0.570. The first-order valence-corrected chi connectivity index (χ1v) is 4.75. The molecule has 84 valence electrons. The van der Waals surface area contributed by atoms with Gasteiger partial charge in [0.05, 0.1) is 0 Å². The molecule has 0 aliphatic heterocycles. The molecule has 15 heavy (non-hydrogen) atoms. The van der Waals surface area contributed by atoms with Crippen molar-refractivity contribution in [2.75, 3.05) is 0 Å². The molecule has 0 radical (unpaired) electrons. The maximum atomic E-state index is 11.2. The first kappa shape index (κ1) is 11.5. The molecule has 0 spiro atoms. The molecule has 1 saturated carbocycles. The number of rotatable bonds is 6. The lowest BCUT2D eigenvalue weighted by Gasteiger charge is -2.12. The molecule has 0 aromatic rings. The standard InChI is InChI=1S/C9H13NO5/c11-7(12)4-3-6(9(14)15)10-8(13)5-1-2-5/h5-6H,1-4H2,(H,10,13)(H,11,12)(H,14,15)/t6-/m0/s1. The number of amides is 1. The molecule has 6 nitrogen and oxygen atoms in total. The van der Waals surface area contributed by atoms with Crippen LogP contribution in [0.1, 0.15) is 25.7 Å². The van der Waals surface area contributed by atoms with Gasteiger partial charge in [-0.25, -0.2) is 4.79 Å². The van der Waals surface area contributed by atoms with Crippen molar-refractivity contribution in [1.29, 1.82) is 0 Å². The summed E-state index contributed by atoms with van der Waals surface area (Å²) in [5, 5.41) is 19.5. The van der Waals surface area contributed by atoms with Crippen LogP contribution in [0.4, 0.5) is 0 Å². The van der Waals surface area contributed by atoms with Crippen molar-refractivity contribution in [1.82, 2.24) is 5.32 Å². The Morgan fingerprint density at radius 3 is 2.27 bits per heavy atom. The molecule has 1 fully saturated rings. The fourth-order valence-electron chi connectivity index (χ4n) is 1.16. The summed E-state index contributed by atoms with van der Waals surface area (Å²) in [6.45, 7) is 0. The van der Waals surface area contributed by atoms with E-state index in [0.717, 1.165) is 12.8 Å². The number of carbonyl (C=O) groups excluding carboxylic acids is 1. The Labute approximate surface area is 86.3 Å². The van der Waals surface area contributed by atoms with Crippen LogP contribution in [0.3, 0.4) is 0 Å². The van der Waals surface area contributed by atoms with Crippen LogP contribution in [0.2, 0.25) is 0 Å². The van der Waals surface area contributed by atoms with Crippen molar-refractivity contribution in [2.24, 2.45) is 5.92 Å². The van der Waals surface area contributed by atoms with E-state index in [4.69, 9.17) is 10.2 Å². The van der Waals surface area contributed by atoms with Crippen LogP contribution >= 0.6 is 0 Å². The third-order valence-corrected chi connectivity index (χ3v) is 2.21. The van der Waals surface area contributed by atoms with Crippen molar-refractivity contribution in [2.45, 2.75) is 31.7 Å². The van der Waals surface area contributed by atoms with Crippen LogP contribution in [0, 0.1) is 5.92 Å². The van der Waals surface area contributed by atoms with Crippen molar-refractivity contribution >= 4 is 17.8 Å². The normalized spacial score (nSPS) is 16.8. The molecule has 0 unspecified atom stereocenters. The Kier molecular flexibility index (Phi) is 3.65. The van der Waals surface area contributed by atoms with Gasteiger partial charge in [-0.2, -0.15) is 0 Å². The summed E-state index contributed by atoms with van der Waals surface area (Å²) in [4.78, 5) is 32.2. The highest BCUT2D eigenvalue weighted by Crippen LogP contribution is 2.28. The van der Waals surface area contributed by atoms with Crippen LogP contribution in [0.5, 0.6) is 0 Å². The van der Waals surface area contributed by atoms with Crippen molar-refractivity contribution in [3.05, 3.63) is 0 Å². The lowest BCUT2D eigenvalue weighted by atomic mass is 10.1. The largest absolute Gasteiger partial charge is 0.481 e. The van der Waals surface area contributed by atoms with Crippen LogP contribution in [0.25, 0.3) is 0 Å². The highest BCUT2D eigenvalue weighted by Gasteiger charge is 2.32. The van der Waals surface area contributed by atoms with Gasteiger partial charge >= 0.3 is 11.9 Å². The molecule has 6 heteroatoms. The predicted molar refractivity (Wildman–Crippen MR) is 49.2 cm³/mol. The summed E-state index contributed by atoms with van der Waals surface area (Å²) in [5.41, 5.74) is 0. The minimum Gasteiger partial charge on any atom is -0.481 e. The van der Waals surface area contributed by atoms with Crippen molar-refractivity contribution in [3.8, 4) is 0 Å². The summed E-state index contributed by atoms with van der Waals surface area (Å²) in [6, 6.07) is -1.09. The second-order valence-electron chi connectivity index (χ2n) is 3.61. The van der Waals surface area contributed by atoms with Gasteiger partial charge in [0.1, 0.15) is 6.04 Å². The summed E-state index contributed by atoms with van der Waals surface area (Å²) in [5.74, 6) is -2.61. The Bertz CT molecular complexity index is 284. The Hall–Kier alpha value is -1.59. The summed E-state index contributed by atoms with van der Waals surface area (Å²) in [6.07, 6.45) is 1.24. The summed E-state index contributed by atoms with van der Waals surface area (Å²) >= 11 is 0. The molecule has 0 saturated heterocycles. The molecule has 0 heterocycles. The Balaban J connectivity index is 2.38. The summed E-state index contributed by atoms with van der Waals surface area (Å²) < 4.78 is 0. The van der Waals surface area contributed by atoms with E-state index in [-0.39, 0.29) is 24.7 Å². The molecule has 0 bridgehead atoms. The average Bonchev–Trinajstić information content (AvgIpc) is 2.93. The van der Waals surface area contributed by atoms with E-state index in [1.807, 2.05) is 0 Å². The van der Waals surface area contributed by atoms with E-state index in [1.54, 1.807) is 0 Å². The van der Waals surface area contributed by atoms with Gasteiger partial charge in [-0.3, -0.25) is 9.59 Å². The summed E-state index contributed by atoms with van der Waals surface area (Å²) in [7, 11) is 0. The lowest BCUT2D eigenvalue weighted by Crippen LogP contribution is -2.41. The first-order valence-electron chi connectivity index (χ1n) is 4.75. The first-order chi connectivity index (χ1) is 7.00. The van der Waals surface area contributed by atoms with Gasteiger partial charge in [0.25, 0.3) is 0 Å². The molecule has 0 aromatic heterocycles. The third kappa shape index (κ3) is 3.97. The van der Waals surface area contributed by atoms with E-state index in [1.165, 1.54) is 0 Å². The Morgan fingerprint density at radius 2 is 1.87 bits per heavy atom. The highest BCUT2D eigenvalue weighted by atomic mass is 16.4. The maximum absolute atomic E-state index is 11.2. The maximum Gasteiger partial charge on any atom is 0.326 e. The average molecular weight is 215 g/mol. The van der Waals surface area contributed by atoms with Crippen LogP contribution in [-0.4, -0.2) is 34.1 Å². The minimum atomic E-state index is -1.19. The van der Waals surface area contributed by atoms with Crippen LogP contribution in [-0.2, 0) is 14.4 Å². The fraction of sp³-hybridized carbons (Fsp3) is 0.667. The highest BCUT2D eigenvalue weighted by molar-refractivity contribution is 5.86. The molecule has 1 amide bonds. The zero-order chi connectivity index (χ0) is 11.4. The monoisotopic (exact) mass is 215 g/mol. The van der Waals surface area contributed by atoms with Gasteiger partial charge in [-0.05, 0) is 19.3 Å². The number of carbonyl (C=O) groups is 3. The molecule has 1 aliphatic carbocycles. The van der Waals surface area contributed by atoms with Crippen molar-refractivity contribution in [3.63, 3.8) is 0 Å². The van der Waals surface area contributed by atoms with Gasteiger partial charge in [0.15, 0.2) is 0 Å². The number of hydrogen-bond donors (Lipinski definition) is 3. The van der Waals surface area contributed by atoms with E-state index >= 15 is 0 Å². The van der Waals surface area contributed by atoms with E-state index in [9.17, 15) is 14.4 Å². The number of carboxylic acids is 2. The molecule has 1 rings (SSSR count). The fourth-order valence-corrected chi connectivity index (χ4v) is 1.16. The Morgan fingerprint density at radius 1 is 1.27 bits per heavy atom. The SMILES string of the molecule is O=C(O)CC[C@H](NC(=O)C1CC1)C(=O)O. The van der Waals surface area contributed by atoms with E-state index in [0.29, 0.717) is 0 Å². The molecule has 1 atom stereocenters.